The first-order valence-corrected chi connectivity index (χ1v) is 8.42. The highest BCUT2D eigenvalue weighted by Crippen LogP contribution is 2.23. The summed E-state index contributed by atoms with van der Waals surface area (Å²) < 4.78 is 6.01. The van der Waals surface area contributed by atoms with Crippen LogP contribution in [0.4, 0.5) is 11.8 Å². The van der Waals surface area contributed by atoms with Gasteiger partial charge in [-0.2, -0.15) is 4.98 Å². The summed E-state index contributed by atoms with van der Waals surface area (Å²) in [5, 5.41) is 3.32. The molecule has 2 aliphatic rings. The summed E-state index contributed by atoms with van der Waals surface area (Å²) in [5.74, 6) is 1.26. The van der Waals surface area contributed by atoms with Crippen molar-refractivity contribution in [3.05, 3.63) is 11.8 Å². The maximum absolute atomic E-state index is 6.01. The summed E-state index contributed by atoms with van der Waals surface area (Å²) in [5.41, 5.74) is 6.77. The van der Waals surface area contributed by atoms with Gasteiger partial charge in [0.05, 0.1) is 18.4 Å². The van der Waals surface area contributed by atoms with E-state index < -0.39 is 0 Å². The van der Waals surface area contributed by atoms with Crippen LogP contribution in [0.5, 0.6) is 0 Å². The van der Waals surface area contributed by atoms with E-state index >= 15 is 0 Å². The van der Waals surface area contributed by atoms with Gasteiger partial charge < -0.3 is 20.7 Å². The summed E-state index contributed by atoms with van der Waals surface area (Å²) in [6.45, 7) is 2.51. The normalized spacial score (nSPS) is 23.1. The van der Waals surface area contributed by atoms with E-state index in [-0.39, 0.29) is 0 Å². The van der Waals surface area contributed by atoms with E-state index in [9.17, 15) is 0 Å². The minimum Gasteiger partial charge on any atom is -0.372 e. The molecule has 0 aromatic carbocycles. The Hall–Kier alpha value is -1.40. The molecule has 6 heteroatoms. The lowest BCUT2D eigenvalue weighted by atomic mass is 9.98. The number of nitrogens with zero attached hydrogens (tertiary/aromatic N) is 3. The third-order valence-electron chi connectivity index (χ3n) is 4.72. The van der Waals surface area contributed by atoms with Crippen LogP contribution in [-0.4, -0.2) is 42.3 Å². The van der Waals surface area contributed by atoms with Crippen molar-refractivity contribution < 1.29 is 4.74 Å². The van der Waals surface area contributed by atoms with Crippen molar-refractivity contribution in [2.24, 2.45) is 0 Å². The number of rotatable bonds is 5. The summed E-state index contributed by atoms with van der Waals surface area (Å²) >= 11 is 0. The predicted molar refractivity (Wildman–Crippen MR) is 87.8 cm³/mol. The lowest BCUT2D eigenvalue weighted by molar-refractivity contribution is 0.0153. The molecule has 3 rings (SSSR count). The minimum atomic E-state index is 0.340. The Bertz CT molecular complexity index is 489. The smallest absolute Gasteiger partial charge is 0.222 e. The lowest BCUT2D eigenvalue weighted by Crippen LogP contribution is -2.30. The molecule has 0 unspecified atom stereocenters. The Morgan fingerprint density at radius 1 is 1.27 bits per heavy atom. The van der Waals surface area contributed by atoms with Gasteiger partial charge >= 0.3 is 0 Å². The van der Waals surface area contributed by atoms with Crippen LogP contribution < -0.4 is 16.0 Å². The molecule has 3 N–H and O–H groups in total. The molecular weight excluding hydrogens is 278 g/mol. The fraction of sp³-hybridized carbons (Fsp3) is 0.750. The van der Waals surface area contributed by atoms with Crippen molar-refractivity contribution in [2.45, 2.75) is 57.3 Å². The van der Waals surface area contributed by atoms with Crippen LogP contribution >= 0.6 is 0 Å². The van der Waals surface area contributed by atoms with E-state index in [1.165, 1.54) is 32.1 Å². The van der Waals surface area contributed by atoms with Crippen molar-refractivity contribution in [1.29, 1.82) is 0 Å². The van der Waals surface area contributed by atoms with Crippen LogP contribution in [0, 0.1) is 0 Å². The number of anilines is 2. The van der Waals surface area contributed by atoms with Crippen LogP contribution in [0.1, 0.15) is 44.2 Å². The van der Waals surface area contributed by atoms with Gasteiger partial charge in [-0.15, -0.1) is 0 Å². The number of nitrogen functional groups attached to an aromatic ring is 1. The molecule has 0 spiro atoms. The second kappa shape index (κ2) is 7.24. The summed E-state index contributed by atoms with van der Waals surface area (Å²) in [7, 11) is 2.01. The molecule has 1 aliphatic heterocycles. The maximum atomic E-state index is 6.01. The molecule has 1 saturated heterocycles. The highest BCUT2D eigenvalue weighted by molar-refractivity contribution is 5.44. The molecule has 1 saturated carbocycles. The van der Waals surface area contributed by atoms with Gasteiger partial charge in [0.2, 0.25) is 5.95 Å². The molecule has 1 aromatic rings. The molecule has 0 bridgehead atoms. The highest BCUT2D eigenvalue weighted by Gasteiger charge is 2.23. The molecule has 1 aliphatic carbocycles. The van der Waals surface area contributed by atoms with Gasteiger partial charge in [-0.1, -0.05) is 19.3 Å². The zero-order valence-electron chi connectivity index (χ0n) is 13.4. The topological polar surface area (TPSA) is 76.3 Å². The number of ether oxygens (including phenoxy) is 1. The Labute approximate surface area is 132 Å². The zero-order chi connectivity index (χ0) is 15.4. The molecule has 122 valence electrons. The molecular formula is C16H27N5O. The average molecular weight is 305 g/mol. The van der Waals surface area contributed by atoms with Gasteiger partial charge in [0, 0.05) is 25.2 Å². The van der Waals surface area contributed by atoms with Crippen molar-refractivity contribution in [3.63, 3.8) is 0 Å². The van der Waals surface area contributed by atoms with Gasteiger partial charge in [0.25, 0.3) is 0 Å². The first-order valence-electron chi connectivity index (χ1n) is 8.42. The highest BCUT2D eigenvalue weighted by atomic mass is 16.5. The number of nitrogens with one attached hydrogen (secondary N) is 1. The van der Waals surface area contributed by atoms with Crippen molar-refractivity contribution in [2.75, 3.05) is 30.8 Å². The summed E-state index contributed by atoms with van der Waals surface area (Å²) in [6.07, 6.45) is 7.75. The average Bonchev–Trinajstić information content (AvgIpc) is 3.03. The Morgan fingerprint density at radius 2 is 2.09 bits per heavy atom. The molecule has 2 heterocycles. The van der Waals surface area contributed by atoms with Crippen LogP contribution in [0.15, 0.2) is 6.07 Å². The van der Waals surface area contributed by atoms with Crippen LogP contribution in [0.25, 0.3) is 0 Å². The Balaban J connectivity index is 1.62. The molecule has 0 amide bonds. The zero-order valence-corrected chi connectivity index (χ0v) is 13.4. The second-order valence-electron chi connectivity index (χ2n) is 6.37. The van der Waals surface area contributed by atoms with Crippen LogP contribution in [-0.2, 0) is 11.3 Å². The second-order valence-corrected chi connectivity index (χ2v) is 6.37. The van der Waals surface area contributed by atoms with Gasteiger partial charge in [0.1, 0.15) is 5.82 Å². The first kappa shape index (κ1) is 15.5. The van der Waals surface area contributed by atoms with Crippen molar-refractivity contribution in [1.82, 2.24) is 15.3 Å². The van der Waals surface area contributed by atoms with E-state index in [2.05, 4.69) is 20.2 Å². The van der Waals surface area contributed by atoms with Gasteiger partial charge in [0.15, 0.2) is 0 Å². The van der Waals surface area contributed by atoms with Crippen molar-refractivity contribution >= 4 is 11.8 Å². The quantitative estimate of drug-likeness (QED) is 0.862. The number of aromatic nitrogens is 2. The number of nitrogens with two attached hydrogens (primary N) is 1. The molecule has 1 aromatic heterocycles. The third-order valence-corrected chi connectivity index (χ3v) is 4.72. The fourth-order valence-corrected chi connectivity index (χ4v) is 3.38. The molecule has 1 atom stereocenters. The van der Waals surface area contributed by atoms with Gasteiger partial charge in [-0.05, 0) is 26.3 Å². The van der Waals surface area contributed by atoms with E-state index in [0.29, 0.717) is 24.7 Å². The third kappa shape index (κ3) is 3.87. The summed E-state index contributed by atoms with van der Waals surface area (Å²) in [4.78, 5) is 11.0. The Kier molecular flexibility index (Phi) is 5.10. The minimum absolute atomic E-state index is 0.340. The number of likely N-dealkylation sites (N-methyl/N-ethyl adjacent to an activating group) is 1. The molecule has 2 fully saturated rings. The Morgan fingerprint density at radius 3 is 2.82 bits per heavy atom. The van der Waals surface area contributed by atoms with Gasteiger partial charge in [-0.25, -0.2) is 4.98 Å². The number of hydrogen-bond acceptors (Lipinski definition) is 6. The van der Waals surface area contributed by atoms with E-state index in [1.54, 1.807) is 0 Å². The lowest BCUT2D eigenvalue weighted by Gasteiger charge is -2.22. The maximum Gasteiger partial charge on any atom is 0.222 e. The van der Waals surface area contributed by atoms with Gasteiger partial charge in [-0.3, -0.25) is 0 Å². The van der Waals surface area contributed by atoms with Crippen LogP contribution in [0.3, 0.4) is 0 Å². The van der Waals surface area contributed by atoms with E-state index in [4.69, 9.17) is 10.5 Å². The largest absolute Gasteiger partial charge is 0.372 e. The van der Waals surface area contributed by atoms with Crippen molar-refractivity contribution in [3.8, 4) is 0 Å². The van der Waals surface area contributed by atoms with Crippen LogP contribution in [0.2, 0.25) is 0 Å². The summed E-state index contributed by atoms with van der Waals surface area (Å²) in [6, 6.07) is 2.55. The predicted octanol–water partition coefficient (Wildman–Crippen LogP) is 1.71. The standard InChI is InChI=1S/C16H27N5O/c1-18-12-7-8-21(10-12)15-9-13(19-16(17)20-15)11-22-14-5-3-2-4-6-14/h9,12,14,18H,2-8,10-11H2,1H3,(H2,17,19,20)/t12-/m1/s1. The SMILES string of the molecule is CN[C@@H]1CCN(c2cc(COC3CCCCC3)nc(N)n2)C1. The van der Waals surface area contributed by atoms with E-state index in [1.807, 2.05) is 13.1 Å². The van der Waals surface area contributed by atoms with E-state index in [0.717, 1.165) is 31.0 Å². The first-order chi connectivity index (χ1) is 10.7. The molecule has 0 radical (unpaired) electrons. The number of hydrogen-bond donors (Lipinski definition) is 2. The fourth-order valence-electron chi connectivity index (χ4n) is 3.38. The monoisotopic (exact) mass is 305 g/mol. The molecule has 6 nitrogen and oxygen atoms in total. The molecule has 22 heavy (non-hydrogen) atoms.